The molecule has 0 spiro atoms. The van der Waals surface area contributed by atoms with Gasteiger partial charge in [0.2, 0.25) is 0 Å². The quantitative estimate of drug-likeness (QED) is 0.790. The Morgan fingerprint density at radius 3 is 2.84 bits per heavy atom. The molecule has 1 aliphatic heterocycles. The van der Waals surface area contributed by atoms with Crippen LogP contribution in [0.1, 0.15) is 28.3 Å². The van der Waals surface area contributed by atoms with E-state index in [9.17, 15) is 4.79 Å². The number of benzene rings is 2. The van der Waals surface area contributed by atoms with E-state index >= 15 is 0 Å². The lowest BCUT2D eigenvalue weighted by Crippen LogP contribution is -2.28. The second-order valence-electron chi connectivity index (χ2n) is 6.97. The van der Waals surface area contributed by atoms with Gasteiger partial charge in [0.05, 0.1) is 0 Å². The molecule has 1 N–H and O–H groups in total. The largest absolute Gasteiger partial charge is 0.378 e. The molecule has 128 valence electrons. The number of carbonyl (C=O) groups is 1. The van der Waals surface area contributed by atoms with E-state index in [1.807, 2.05) is 54.2 Å². The number of anilines is 1. The molecule has 0 radical (unpaired) electrons. The minimum Gasteiger partial charge on any atom is -0.378 e. The van der Waals surface area contributed by atoms with Gasteiger partial charge in [-0.2, -0.15) is 0 Å². The Morgan fingerprint density at radius 2 is 2.00 bits per heavy atom. The van der Waals surface area contributed by atoms with Crippen molar-refractivity contribution in [1.82, 2.24) is 9.88 Å². The lowest BCUT2D eigenvalue weighted by Gasteiger charge is -2.18. The molecule has 3 aromatic rings. The fraction of sp³-hybridized carbons (Fsp3) is 0.286. The molecule has 2 aromatic carbocycles. The number of likely N-dealkylation sites (tertiary alicyclic amines) is 1. The number of nitrogens with zero attached hydrogens (tertiary/aromatic N) is 2. The van der Waals surface area contributed by atoms with Crippen LogP contribution < -0.4 is 4.90 Å². The fourth-order valence-corrected chi connectivity index (χ4v) is 3.73. The Hall–Kier alpha value is -2.75. The molecule has 0 aliphatic carbocycles. The number of carbonyl (C=O) groups excluding carboxylic acids is 1. The number of nitrogens with one attached hydrogen (secondary N) is 1. The third-order valence-corrected chi connectivity index (χ3v) is 5.15. The highest BCUT2D eigenvalue weighted by Gasteiger charge is 2.29. The molecule has 1 fully saturated rings. The van der Waals surface area contributed by atoms with Crippen molar-refractivity contribution in [2.75, 3.05) is 32.1 Å². The van der Waals surface area contributed by atoms with Crippen LogP contribution in [0.4, 0.5) is 5.69 Å². The Bertz CT molecular complexity index is 912. The van der Waals surface area contributed by atoms with Crippen molar-refractivity contribution in [2.45, 2.75) is 12.3 Å². The number of aromatic amines is 1. The molecule has 1 aliphatic rings. The van der Waals surface area contributed by atoms with Gasteiger partial charge in [-0.3, -0.25) is 4.79 Å². The predicted molar refractivity (Wildman–Crippen MR) is 102 cm³/mol. The van der Waals surface area contributed by atoms with Gasteiger partial charge in [-0.25, -0.2) is 0 Å². The van der Waals surface area contributed by atoms with E-state index in [0.717, 1.165) is 30.8 Å². The molecule has 25 heavy (non-hydrogen) atoms. The zero-order chi connectivity index (χ0) is 17.4. The summed E-state index contributed by atoms with van der Waals surface area (Å²) in [6.45, 7) is 1.60. The number of aromatic nitrogens is 1. The molecule has 0 saturated carbocycles. The molecule has 1 aromatic heterocycles. The fourth-order valence-electron chi connectivity index (χ4n) is 3.73. The standard InChI is InChI=1S/C21H23N3O/c1-23(2)17-7-5-6-15(12-17)21(25)24-11-10-16(14-24)19-13-22-20-9-4-3-8-18(19)20/h3-9,12-13,16,22H,10-11,14H2,1-2H3. The lowest BCUT2D eigenvalue weighted by molar-refractivity contribution is 0.0791. The molecule has 4 rings (SSSR count). The van der Waals surface area contributed by atoms with Crippen molar-refractivity contribution in [3.8, 4) is 0 Å². The molecule has 4 heteroatoms. The Balaban J connectivity index is 1.54. The van der Waals surface area contributed by atoms with Gasteiger partial charge in [0.15, 0.2) is 0 Å². The number of fused-ring (bicyclic) bond motifs is 1. The number of H-pyrrole nitrogens is 1. The summed E-state index contributed by atoms with van der Waals surface area (Å²) in [6, 6.07) is 16.2. The van der Waals surface area contributed by atoms with Gasteiger partial charge < -0.3 is 14.8 Å². The molecule has 1 unspecified atom stereocenters. The maximum Gasteiger partial charge on any atom is 0.253 e. The maximum atomic E-state index is 12.9. The highest BCUT2D eigenvalue weighted by Crippen LogP contribution is 2.33. The first-order valence-corrected chi connectivity index (χ1v) is 8.76. The van der Waals surface area contributed by atoms with Crippen molar-refractivity contribution < 1.29 is 4.79 Å². The van der Waals surface area contributed by atoms with Crippen LogP contribution in [-0.2, 0) is 0 Å². The van der Waals surface area contributed by atoms with E-state index in [1.54, 1.807) is 0 Å². The summed E-state index contributed by atoms with van der Waals surface area (Å²) >= 11 is 0. The predicted octanol–water partition coefficient (Wildman–Crippen LogP) is 3.86. The molecule has 1 saturated heterocycles. The second kappa shape index (κ2) is 6.28. The van der Waals surface area contributed by atoms with Gasteiger partial charge in [-0.05, 0) is 36.2 Å². The minimum absolute atomic E-state index is 0.131. The van der Waals surface area contributed by atoms with Crippen LogP contribution in [0.3, 0.4) is 0 Å². The first-order chi connectivity index (χ1) is 12.1. The Labute approximate surface area is 148 Å². The monoisotopic (exact) mass is 333 g/mol. The second-order valence-corrected chi connectivity index (χ2v) is 6.97. The lowest BCUT2D eigenvalue weighted by atomic mass is 9.98. The minimum atomic E-state index is 0.131. The van der Waals surface area contributed by atoms with E-state index in [2.05, 4.69) is 29.4 Å². The first kappa shape index (κ1) is 15.8. The summed E-state index contributed by atoms with van der Waals surface area (Å²) in [7, 11) is 3.99. The van der Waals surface area contributed by atoms with Crippen molar-refractivity contribution in [1.29, 1.82) is 0 Å². The summed E-state index contributed by atoms with van der Waals surface area (Å²) < 4.78 is 0. The number of rotatable bonds is 3. The topological polar surface area (TPSA) is 39.3 Å². The van der Waals surface area contributed by atoms with Crippen molar-refractivity contribution >= 4 is 22.5 Å². The highest BCUT2D eigenvalue weighted by molar-refractivity contribution is 5.95. The molecular formula is C21H23N3O. The van der Waals surface area contributed by atoms with E-state index in [4.69, 9.17) is 0 Å². The molecule has 0 bridgehead atoms. The Kier molecular flexibility index (Phi) is 3.96. The summed E-state index contributed by atoms with van der Waals surface area (Å²) in [6.07, 6.45) is 3.12. The normalized spacial score (nSPS) is 17.2. The molecule has 2 heterocycles. The number of hydrogen-bond acceptors (Lipinski definition) is 2. The van der Waals surface area contributed by atoms with Crippen LogP contribution in [0.2, 0.25) is 0 Å². The molecule has 1 amide bonds. The third kappa shape index (κ3) is 2.88. The van der Waals surface area contributed by atoms with E-state index in [-0.39, 0.29) is 5.91 Å². The van der Waals surface area contributed by atoms with E-state index < -0.39 is 0 Å². The van der Waals surface area contributed by atoms with Crippen molar-refractivity contribution in [2.24, 2.45) is 0 Å². The molecule has 1 atom stereocenters. The summed E-state index contributed by atoms with van der Waals surface area (Å²) in [4.78, 5) is 20.3. The molecular weight excluding hydrogens is 310 g/mol. The van der Waals surface area contributed by atoms with Crippen LogP contribution >= 0.6 is 0 Å². The van der Waals surface area contributed by atoms with Gasteiger partial charge in [0, 0.05) is 61.5 Å². The zero-order valence-electron chi connectivity index (χ0n) is 14.7. The SMILES string of the molecule is CN(C)c1cccc(C(=O)N2CCC(c3c[nH]c4ccccc34)C2)c1. The van der Waals surface area contributed by atoms with E-state index in [1.165, 1.54) is 16.5 Å². The zero-order valence-corrected chi connectivity index (χ0v) is 14.7. The average Bonchev–Trinajstić information content (AvgIpc) is 3.28. The Morgan fingerprint density at radius 1 is 1.16 bits per heavy atom. The van der Waals surface area contributed by atoms with Crippen molar-refractivity contribution in [3.63, 3.8) is 0 Å². The van der Waals surface area contributed by atoms with Crippen molar-refractivity contribution in [3.05, 3.63) is 65.9 Å². The highest BCUT2D eigenvalue weighted by atomic mass is 16.2. The first-order valence-electron chi connectivity index (χ1n) is 8.76. The smallest absolute Gasteiger partial charge is 0.253 e. The average molecular weight is 333 g/mol. The van der Waals surface area contributed by atoms with Gasteiger partial charge >= 0.3 is 0 Å². The maximum absolute atomic E-state index is 12.9. The van der Waals surface area contributed by atoms with E-state index in [0.29, 0.717) is 5.92 Å². The van der Waals surface area contributed by atoms with Crippen LogP contribution in [0.25, 0.3) is 10.9 Å². The summed E-state index contributed by atoms with van der Waals surface area (Å²) in [5.41, 5.74) is 4.32. The van der Waals surface area contributed by atoms with Crippen LogP contribution in [0.5, 0.6) is 0 Å². The van der Waals surface area contributed by atoms with Gasteiger partial charge in [-0.1, -0.05) is 24.3 Å². The number of amides is 1. The number of para-hydroxylation sites is 1. The van der Waals surface area contributed by atoms with Gasteiger partial charge in [0.1, 0.15) is 0 Å². The van der Waals surface area contributed by atoms with Gasteiger partial charge in [-0.15, -0.1) is 0 Å². The van der Waals surface area contributed by atoms with Crippen LogP contribution in [0.15, 0.2) is 54.7 Å². The van der Waals surface area contributed by atoms with Crippen LogP contribution in [0, 0.1) is 0 Å². The molecule has 4 nitrogen and oxygen atoms in total. The van der Waals surface area contributed by atoms with Gasteiger partial charge in [0.25, 0.3) is 5.91 Å². The third-order valence-electron chi connectivity index (χ3n) is 5.15. The summed E-state index contributed by atoms with van der Waals surface area (Å²) in [5, 5.41) is 1.27. The number of hydrogen-bond donors (Lipinski definition) is 1. The summed E-state index contributed by atoms with van der Waals surface area (Å²) in [5.74, 6) is 0.531. The van der Waals surface area contributed by atoms with Crippen LogP contribution in [-0.4, -0.2) is 43.0 Å².